The third-order valence-electron chi connectivity index (χ3n) is 3.38. The van der Waals surface area contributed by atoms with Gasteiger partial charge in [0.1, 0.15) is 11.5 Å². The average molecular weight is 364 g/mol. The van der Waals surface area contributed by atoms with Crippen LogP contribution in [0.1, 0.15) is 17.3 Å². The smallest absolute Gasteiger partial charge is 0.262 e. The number of ether oxygens (including phenoxy) is 2. The van der Waals surface area contributed by atoms with E-state index >= 15 is 0 Å². The van der Waals surface area contributed by atoms with Gasteiger partial charge < -0.3 is 14.8 Å². The Labute approximate surface area is 147 Å². The first kappa shape index (κ1) is 18.6. The number of hydrogen-bond donors (Lipinski definition) is 2. The normalized spacial score (nSPS) is 10.8. The molecule has 2 N–H and O–H groups in total. The number of anilines is 1. The quantitative estimate of drug-likeness (QED) is 0.786. The van der Waals surface area contributed by atoms with Gasteiger partial charge in [0.2, 0.25) is 0 Å². The number of rotatable bonds is 7. The summed E-state index contributed by atoms with van der Waals surface area (Å²) in [5.74, 6) is 0.562. The highest BCUT2D eigenvalue weighted by molar-refractivity contribution is 7.92. The number of methoxy groups -OCH3 is 1. The van der Waals surface area contributed by atoms with Crippen LogP contribution in [0.2, 0.25) is 0 Å². The molecule has 0 bridgehead atoms. The summed E-state index contributed by atoms with van der Waals surface area (Å²) in [4.78, 5) is 11.8. The molecule has 0 radical (unpaired) electrons. The van der Waals surface area contributed by atoms with E-state index in [9.17, 15) is 13.2 Å². The highest BCUT2D eigenvalue weighted by atomic mass is 32.2. The fourth-order valence-electron chi connectivity index (χ4n) is 2.16. The minimum Gasteiger partial charge on any atom is -0.495 e. The maximum Gasteiger partial charge on any atom is 0.262 e. The number of hydrogen-bond acceptors (Lipinski definition) is 5. The van der Waals surface area contributed by atoms with Crippen molar-refractivity contribution in [2.24, 2.45) is 0 Å². The van der Waals surface area contributed by atoms with Gasteiger partial charge in [-0.1, -0.05) is 0 Å². The second kappa shape index (κ2) is 7.89. The zero-order chi connectivity index (χ0) is 18.4. The molecule has 0 atom stereocenters. The first-order valence-corrected chi connectivity index (χ1v) is 9.05. The zero-order valence-corrected chi connectivity index (χ0v) is 15.0. The molecule has 25 heavy (non-hydrogen) atoms. The van der Waals surface area contributed by atoms with Crippen LogP contribution >= 0.6 is 0 Å². The van der Waals surface area contributed by atoms with E-state index in [1.165, 1.54) is 38.4 Å². The molecule has 134 valence electrons. The molecule has 7 nitrogen and oxygen atoms in total. The summed E-state index contributed by atoms with van der Waals surface area (Å²) in [5, 5.41) is 2.49. The summed E-state index contributed by atoms with van der Waals surface area (Å²) in [5.41, 5.74) is 0.491. The van der Waals surface area contributed by atoms with Gasteiger partial charge in [-0.15, -0.1) is 0 Å². The number of nitrogens with one attached hydrogen (secondary N) is 2. The Morgan fingerprint density at radius 2 is 1.80 bits per heavy atom. The van der Waals surface area contributed by atoms with Gasteiger partial charge in [-0.05, 0) is 49.4 Å². The Morgan fingerprint density at radius 1 is 1.12 bits per heavy atom. The molecule has 0 fully saturated rings. The van der Waals surface area contributed by atoms with Crippen molar-refractivity contribution in [3.63, 3.8) is 0 Å². The van der Waals surface area contributed by atoms with Crippen LogP contribution in [0.15, 0.2) is 47.4 Å². The number of carbonyl (C=O) groups excluding carboxylic acids is 1. The SMILES string of the molecule is CCOc1ccc(S(=O)(=O)Nc2cc(C(=O)NC)ccc2OC)cc1. The Morgan fingerprint density at radius 3 is 2.36 bits per heavy atom. The molecule has 0 saturated heterocycles. The Kier molecular flexibility index (Phi) is 5.87. The van der Waals surface area contributed by atoms with E-state index < -0.39 is 10.0 Å². The van der Waals surface area contributed by atoms with E-state index in [1.54, 1.807) is 18.2 Å². The van der Waals surface area contributed by atoms with Crippen molar-refractivity contribution >= 4 is 21.6 Å². The maximum absolute atomic E-state index is 12.6. The lowest BCUT2D eigenvalue weighted by Gasteiger charge is -2.13. The van der Waals surface area contributed by atoms with Crippen LogP contribution in [0.25, 0.3) is 0 Å². The number of carbonyl (C=O) groups is 1. The molecule has 0 aliphatic heterocycles. The van der Waals surface area contributed by atoms with Gasteiger partial charge in [0.15, 0.2) is 0 Å². The molecular weight excluding hydrogens is 344 g/mol. The minimum absolute atomic E-state index is 0.0725. The summed E-state index contributed by atoms with van der Waals surface area (Å²) in [6.45, 7) is 2.34. The van der Waals surface area contributed by atoms with E-state index in [0.717, 1.165) is 0 Å². The molecule has 0 unspecified atom stereocenters. The summed E-state index contributed by atoms with van der Waals surface area (Å²) in [6.07, 6.45) is 0. The first-order valence-electron chi connectivity index (χ1n) is 7.57. The molecular formula is C17H20N2O5S. The van der Waals surface area contributed by atoms with Crippen LogP contribution in [0.4, 0.5) is 5.69 Å². The second-order valence-corrected chi connectivity index (χ2v) is 6.69. The summed E-state index contributed by atoms with van der Waals surface area (Å²) < 4.78 is 38.1. The van der Waals surface area contributed by atoms with Crippen molar-refractivity contribution in [1.82, 2.24) is 5.32 Å². The average Bonchev–Trinajstić information content (AvgIpc) is 2.61. The fraction of sp³-hybridized carbons (Fsp3) is 0.235. The van der Waals surface area contributed by atoms with Gasteiger partial charge in [0, 0.05) is 12.6 Å². The van der Waals surface area contributed by atoms with Gasteiger partial charge in [-0.3, -0.25) is 9.52 Å². The van der Waals surface area contributed by atoms with Crippen LogP contribution in [-0.2, 0) is 10.0 Å². The number of sulfonamides is 1. The third-order valence-corrected chi connectivity index (χ3v) is 4.76. The van der Waals surface area contributed by atoms with Crippen LogP contribution in [0.5, 0.6) is 11.5 Å². The highest BCUT2D eigenvalue weighted by Crippen LogP contribution is 2.28. The predicted octanol–water partition coefficient (Wildman–Crippen LogP) is 2.25. The molecule has 2 aromatic carbocycles. The minimum atomic E-state index is -3.84. The largest absolute Gasteiger partial charge is 0.495 e. The van der Waals surface area contributed by atoms with Gasteiger partial charge in [-0.2, -0.15) is 0 Å². The molecule has 0 aliphatic rings. The lowest BCUT2D eigenvalue weighted by Crippen LogP contribution is -2.19. The van der Waals surface area contributed by atoms with Crippen LogP contribution in [-0.4, -0.2) is 35.1 Å². The van der Waals surface area contributed by atoms with Gasteiger partial charge in [0.05, 0.1) is 24.3 Å². The first-order chi connectivity index (χ1) is 11.9. The summed E-state index contributed by atoms with van der Waals surface area (Å²) in [7, 11) is -0.927. The molecule has 0 aromatic heterocycles. The number of amides is 1. The van der Waals surface area contributed by atoms with Gasteiger partial charge >= 0.3 is 0 Å². The summed E-state index contributed by atoms with van der Waals surface area (Å²) >= 11 is 0. The lowest BCUT2D eigenvalue weighted by atomic mass is 10.2. The summed E-state index contributed by atoms with van der Waals surface area (Å²) in [6, 6.07) is 10.5. The molecule has 1 amide bonds. The second-order valence-electron chi connectivity index (χ2n) is 5.00. The van der Waals surface area contributed by atoms with E-state index in [2.05, 4.69) is 10.0 Å². The Balaban J connectivity index is 2.34. The van der Waals surface area contributed by atoms with Crippen molar-refractivity contribution < 1.29 is 22.7 Å². The van der Waals surface area contributed by atoms with Gasteiger partial charge in [-0.25, -0.2) is 8.42 Å². The fourth-order valence-corrected chi connectivity index (χ4v) is 3.22. The molecule has 2 rings (SSSR count). The molecule has 8 heteroatoms. The maximum atomic E-state index is 12.6. The van der Waals surface area contributed by atoms with Crippen LogP contribution < -0.4 is 19.5 Å². The highest BCUT2D eigenvalue weighted by Gasteiger charge is 2.18. The Bertz CT molecular complexity index is 848. The van der Waals surface area contributed by atoms with Crippen LogP contribution in [0.3, 0.4) is 0 Å². The van der Waals surface area contributed by atoms with E-state index in [4.69, 9.17) is 9.47 Å². The monoisotopic (exact) mass is 364 g/mol. The third kappa shape index (κ3) is 4.42. The zero-order valence-electron chi connectivity index (χ0n) is 14.2. The van der Waals surface area contributed by atoms with E-state index in [0.29, 0.717) is 23.7 Å². The number of benzene rings is 2. The topological polar surface area (TPSA) is 93.7 Å². The van der Waals surface area contributed by atoms with Crippen molar-refractivity contribution in [2.75, 3.05) is 25.5 Å². The van der Waals surface area contributed by atoms with Crippen molar-refractivity contribution in [3.05, 3.63) is 48.0 Å². The predicted molar refractivity (Wildman–Crippen MR) is 94.8 cm³/mol. The standard InChI is InChI=1S/C17H20N2O5S/c1-4-24-13-6-8-14(9-7-13)25(21,22)19-15-11-12(17(20)18-2)5-10-16(15)23-3/h5-11,19H,4H2,1-3H3,(H,18,20). The lowest BCUT2D eigenvalue weighted by molar-refractivity contribution is 0.0963. The van der Waals surface area contributed by atoms with E-state index in [1.807, 2.05) is 6.92 Å². The molecule has 2 aromatic rings. The van der Waals surface area contributed by atoms with Gasteiger partial charge in [0.25, 0.3) is 15.9 Å². The molecule has 0 heterocycles. The van der Waals surface area contributed by atoms with E-state index in [-0.39, 0.29) is 16.5 Å². The molecule has 0 saturated carbocycles. The van der Waals surface area contributed by atoms with Crippen LogP contribution in [0, 0.1) is 0 Å². The Hall–Kier alpha value is -2.74. The van der Waals surface area contributed by atoms with Crippen molar-refractivity contribution in [1.29, 1.82) is 0 Å². The van der Waals surface area contributed by atoms with Crippen molar-refractivity contribution in [3.8, 4) is 11.5 Å². The molecule has 0 aliphatic carbocycles. The molecule has 0 spiro atoms. The van der Waals surface area contributed by atoms with Crippen molar-refractivity contribution in [2.45, 2.75) is 11.8 Å².